The fraction of sp³-hybridized carbons (Fsp3) is 0.353. The molecule has 0 N–H and O–H groups in total. The van der Waals surface area contributed by atoms with Crippen molar-refractivity contribution in [2.45, 2.75) is 25.9 Å². The van der Waals surface area contributed by atoms with Crippen LogP contribution in [0, 0.1) is 20.8 Å². The Bertz CT molecular complexity index is 728. The Hall–Kier alpha value is -2.08. The first kappa shape index (κ1) is 15.8. The molecule has 1 aromatic heterocycles. The monoisotopic (exact) mass is 329 g/mol. The molecule has 0 radical (unpaired) electrons. The first-order chi connectivity index (χ1) is 11.0. The number of ether oxygens (including phenoxy) is 1. The van der Waals surface area contributed by atoms with Gasteiger partial charge in [-0.2, -0.15) is 0 Å². The number of thioether (sulfide) groups is 1. The summed E-state index contributed by atoms with van der Waals surface area (Å²) in [6.45, 7) is 6.97. The third-order valence-corrected chi connectivity index (χ3v) is 4.40. The Balaban J connectivity index is 1.72. The lowest BCUT2D eigenvalue weighted by Gasteiger charge is -2.29. The maximum atomic E-state index is 12.6. The highest BCUT2D eigenvalue weighted by Gasteiger charge is 2.23. The maximum Gasteiger partial charge on any atom is 0.237 e. The summed E-state index contributed by atoms with van der Waals surface area (Å²) >= 11 is 1.37. The van der Waals surface area contributed by atoms with Gasteiger partial charge in [0.15, 0.2) is 5.16 Å². The van der Waals surface area contributed by atoms with Crippen LogP contribution < -0.4 is 9.64 Å². The van der Waals surface area contributed by atoms with Crippen LogP contribution in [0.2, 0.25) is 0 Å². The zero-order valence-corrected chi connectivity index (χ0v) is 14.3. The van der Waals surface area contributed by atoms with Gasteiger partial charge in [0.1, 0.15) is 12.4 Å². The van der Waals surface area contributed by atoms with E-state index in [0.717, 1.165) is 28.4 Å². The molecule has 1 aromatic carbocycles. The molecule has 3 rings (SSSR count). The zero-order chi connectivity index (χ0) is 16.4. The zero-order valence-electron chi connectivity index (χ0n) is 13.5. The molecule has 5 nitrogen and oxygen atoms in total. The average molecular weight is 329 g/mol. The van der Waals surface area contributed by atoms with E-state index in [1.165, 1.54) is 11.8 Å². The number of nitrogens with zero attached hydrogens (tertiary/aromatic N) is 3. The second-order valence-electron chi connectivity index (χ2n) is 5.59. The molecule has 0 bridgehead atoms. The van der Waals surface area contributed by atoms with Gasteiger partial charge in [0, 0.05) is 11.4 Å². The van der Waals surface area contributed by atoms with Gasteiger partial charge >= 0.3 is 0 Å². The molecule has 120 valence electrons. The Kier molecular flexibility index (Phi) is 4.52. The van der Waals surface area contributed by atoms with Crippen LogP contribution in [0.4, 0.5) is 5.69 Å². The van der Waals surface area contributed by atoms with Crippen molar-refractivity contribution in [2.24, 2.45) is 0 Å². The van der Waals surface area contributed by atoms with Crippen LogP contribution in [0.3, 0.4) is 0 Å². The highest BCUT2D eigenvalue weighted by molar-refractivity contribution is 7.99. The third kappa shape index (κ3) is 3.64. The van der Waals surface area contributed by atoms with Crippen molar-refractivity contribution < 1.29 is 9.53 Å². The summed E-state index contributed by atoms with van der Waals surface area (Å²) in [6.07, 6.45) is 0. The predicted molar refractivity (Wildman–Crippen MR) is 91.3 cm³/mol. The fourth-order valence-corrected chi connectivity index (χ4v) is 3.37. The minimum atomic E-state index is 0.0474. The van der Waals surface area contributed by atoms with Gasteiger partial charge in [-0.25, -0.2) is 9.97 Å². The molecule has 23 heavy (non-hydrogen) atoms. The van der Waals surface area contributed by atoms with Crippen LogP contribution in [0.15, 0.2) is 29.4 Å². The summed E-state index contributed by atoms with van der Waals surface area (Å²) in [4.78, 5) is 23.1. The average Bonchev–Trinajstić information content (AvgIpc) is 2.51. The summed E-state index contributed by atoms with van der Waals surface area (Å²) in [5.41, 5.74) is 3.80. The van der Waals surface area contributed by atoms with Gasteiger partial charge in [-0.3, -0.25) is 4.79 Å². The van der Waals surface area contributed by atoms with Gasteiger partial charge in [0.2, 0.25) is 5.91 Å². The van der Waals surface area contributed by atoms with E-state index in [9.17, 15) is 4.79 Å². The van der Waals surface area contributed by atoms with Crippen molar-refractivity contribution in [1.82, 2.24) is 9.97 Å². The minimum absolute atomic E-state index is 0.0474. The van der Waals surface area contributed by atoms with Gasteiger partial charge in [0.25, 0.3) is 0 Å². The molecule has 0 spiro atoms. The van der Waals surface area contributed by atoms with Crippen LogP contribution in [0.1, 0.15) is 17.0 Å². The van der Waals surface area contributed by atoms with Crippen LogP contribution >= 0.6 is 11.8 Å². The highest BCUT2D eigenvalue weighted by Crippen LogP contribution is 2.33. The third-order valence-electron chi connectivity index (χ3n) is 3.57. The molecule has 1 amide bonds. The first-order valence-corrected chi connectivity index (χ1v) is 8.50. The molecule has 1 aliphatic rings. The topological polar surface area (TPSA) is 55.3 Å². The maximum absolute atomic E-state index is 12.6. The number of amides is 1. The lowest BCUT2D eigenvalue weighted by molar-refractivity contribution is -0.116. The number of aromatic nitrogens is 2. The Morgan fingerprint density at radius 3 is 2.70 bits per heavy atom. The summed E-state index contributed by atoms with van der Waals surface area (Å²) in [7, 11) is 0. The SMILES string of the molecule is Cc1ccc2c(c1)OCCN2C(=O)CSc1nc(C)cc(C)n1. The lowest BCUT2D eigenvalue weighted by Crippen LogP contribution is -2.39. The van der Waals surface area contributed by atoms with E-state index < -0.39 is 0 Å². The molecular weight excluding hydrogens is 310 g/mol. The van der Waals surface area contributed by atoms with E-state index in [0.29, 0.717) is 24.1 Å². The molecule has 0 saturated carbocycles. The number of anilines is 1. The molecule has 0 aliphatic carbocycles. The number of benzene rings is 1. The number of rotatable bonds is 3. The molecule has 2 aromatic rings. The molecule has 0 fully saturated rings. The Labute approximate surface area is 140 Å². The van der Waals surface area contributed by atoms with E-state index in [1.807, 2.05) is 45.0 Å². The first-order valence-electron chi connectivity index (χ1n) is 7.52. The van der Waals surface area contributed by atoms with Gasteiger partial charge in [0.05, 0.1) is 18.0 Å². The van der Waals surface area contributed by atoms with Crippen molar-refractivity contribution >= 4 is 23.4 Å². The van der Waals surface area contributed by atoms with Crippen molar-refractivity contribution in [1.29, 1.82) is 0 Å². The van der Waals surface area contributed by atoms with Crippen molar-refractivity contribution in [2.75, 3.05) is 23.8 Å². The molecule has 0 saturated heterocycles. The van der Waals surface area contributed by atoms with Crippen molar-refractivity contribution in [3.63, 3.8) is 0 Å². The Morgan fingerprint density at radius 2 is 1.96 bits per heavy atom. The Morgan fingerprint density at radius 1 is 1.22 bits per heavy atom. The van der Waals surface area contributed by atoms with Gasteiger partial charge in [-0.1, -0.05) is 17.8 Å². The van der Waals surface area contributed by atoms with Gasteiger partial charge in [-0.05, 0) is 44.5 Å². The minimum Gasteiger partial charge on any atom is -0.490 e. The quantitative estimate of drug-likeness (QED) is 0.640. The molecule has 0 unspecified atom stereocenters. The number of carbonyl (C=O) groups excluding carboxylic acids is 1. The summed E-state index contributed by atoms with van der Waals surface area (Å²) in [6, 6.07) is 7.83. The largest absolute Gasteiger partial charge is 0.490 e. The van der Waals surface area contributed by atoms with Gasteiger partial charge in [-0.15, -0.1) is 0 Å². The van der Waals surface area contributed by atoms with E-state index in [1.54, 1.807) is 4.90 Å². The summed E-state index contributed by atoms with van der Waals surface area (Å²) < 4.78 is 5.65. The van der Waals surface area contributed by atoms with Gasteiger partial charge < -0.3 is 9.64 Å². The molecule has 1 aliphatic heterocycles. The van der Waals surface area contributed by atoms with Crippen LogP contribution in [-0.4, -0.2) is 34.8 Å². The molecule has 6 heteroatoms. The molecular formula is C17H19N3O2S. The number of aryl methyl sites for hydroxylation is 3. The van der Waals surface area contributed by atoms with E-state index in [-0.39, 0.29) is 5.91 Å². The number of hydrogen-bond donors (Lipinski definition) is 0. The van der Waals surface area contributed by atoms with Crippen LogP contribution in [0.25, 0.3) is 0 Å². The fourth-order valence-electron chi connectivity index (χ4n) is 2.55. The molecule has 2 heterocycles. The summed E-state index contributed by atoms with van der Waals surface area (Å²) in [5, 5.41) is 0.647. The van der Waals surface area contributed by atoms with E-state index in [4.69, 9.17) is 4.74 Å². The second kappa shape index (κ2) is 6.58. The highest BCUT2D eigenvalue weighted by atomic mass is 32.2. The standard InChI is InChI=1S/C17H19N3O2S/c1-11-4-5-14-15(8-11)22-7-6-20(14)16(21)10-23-17-18-12(2)9-13(3)19-17/h4-5,8-9H,6-7,10H2,1-3H3. The van der Waals surface area contributed by atoms with Crippen molar-refractivity contribution in [3.8, 4) is 5.75 Å². The number of hydrogen-bond acceptors (Lipinski definition) is 5. The second-order valence-corrected chi connectivity index (χ2v) is 6.53. The normalized spacial score (nSPS) is 13.4. The number of carbonyl (C=O) groups is 1. The number of fused-ring (bicyclic) bond motifs is 1. The lowest BCUT2D eigenvalue weighted by atomic mass is 10.1. The smallest absolute Gasteiger partial charge is 0.237 e. The van der Waals surface area contributed by atoms with E-state index in [2.05, 4.69) is 9.97 Å². The predicted octanol–water partition coefficient (Wildman–Crippen LogP) is 2.92. The van der Waals surface area contributed by atoms with Crippen LogP contribution in [-0.2, 0) is 4.79 Å². The molecule has 0 atom stereocenters. The van der Waals surface area contributed by atoms with Crippen molar-refractivity contribution in [3.05, 3.63) is 41.2 Å². The summed E-state index contributed by atoms with van der Waals surface area (Å²) in [5.74, 6) is 1.14. The van der Waals surface area contributed by atoms with Crippen LogP contribution in [0.5, 0.6) is 5.75 Å². The van der Waals surface area contributed by atoms with E-state index >= 15 is 0 Å².